The summed E-state index contributed by atoms with van der Waals surface area (Å²) >= 11 is 6.26. The van der Waals surface area contributed by atoms with Crippen molar-refractivity contribution in [2.24, 2.45) is 0 Å². The van der Waals surface area contributed by atoms with E-state index in [9.17, 15) is 8.78 Å². The zero-order valence-corrected chi connectivity index (χ0v) is 13.2. The van der Waals surface area contributed by atoms with E-state index in [2.05, 4.69) is 37.2 Å². The van der Waals surface area contributed by atoms with E-state index in [1.807, 2.05) is 6.92 Å². The van der Waals surface area contributed by atoms with E-state index in [1.54, 1.807) is 24.3 Å². The Balaban J connectivity index is 2.17. The molecule has 0 saturated carbocycles. The molecule has 0 aliphatic heterocycles. The molecule has 0 radical (unpaired) electrons. The van der Waals surface area contributed by atoms with E-state index in [-0.39, 0.29) is 17.7 Å². The van der Waals surface area contributed by atoms with Crippen LogP contribution in [0.2, 0.25) is 0 Å². The lowest BCUT2D eigenvalue weighted by Gasteiger charge is -2.16. The van der Waals surface area contributed by atoms with E-state index >= 15 is 0 Å². The van der Waals surface area contributed by atoms with Crippen LogP contribution < -0.4 is 5.32 Å². The number of hydrogen-bond donors (Lipinski definition) is 1. The monoisotopic (exact) mass is 389 g/mol. The minimum atomic E-state index is -0.322. The van der Waals surface area contributed by atoms with Gasteiger partial charge in [-0.2, -0.15) is 0 Å². The summed E-state index contributed by atoms with van der Waals surface area (Å²) in [5.41, 5.74) is 1.59. The Kier molecular flexibility index (Phi) is 4.58. The fourth-order valence-corrected chi connectivity index (χ4v) is 2.34. The van der Waals surface area contributed by atoms with Gasteiger partial charge in [0.25, 0.3) is 0 Å². The second kappa shape index (κ2) is 6.01. The van der Waals surface area contributed by atoms with Crippen LogP contribution in [0.15, 0.2) is 45.3 Å². The molecule has 0 aromatic heterocycles. The predicted molar refractivity (Wildman–Crippen MR) is 80.2 cm³/mol. The summed E-state index contributed by atoms with van der Waals surface area (Å²) in [5, 5.41) is 3.17. The minimum Gasteiger partial charge on any atom is -0.378 e. The van der Waals surface area contributed by atoms with Crippen LogP contribution in [0.25, 0.3) is 0 Å². The zero-order valence-electron chi connectivity index (χ0n) is 10.1. The van der Waals surface area contributed by atoms with E-state index in [0.29, 0.717) is 14.6 Å². The molecule has 0 heterocycles. The molecule has 5 heteroatoms. The van der Waals surface area contributed by atoms with Gasteiger partial charge in [0.05, 0.1) is 8.95 Å². The summed E-state index contributed by atoms with van der Waals surface area (Å²) in [6.45, 7) is 1.93. The highest BCUT2D eigenvalue weighted by Crippen LogP contribution is 2.26. The summed E-state index contributed by atoms with van der Waals surface area (Å²) in [6.07, 6.45) is 0. The molecule has 1 nitrogen and oxygen atoms in total. The van der Waals surface area contributed by atoms with Crippen molar-refractivity contribution < 1.29 is 8.78 Å². The third-order valence-corrected chi connectivity index (χ3v) is 4.00. The molecule has 1 atom stereocenters. The Labute approximate surface area is 127 Å². The molecule has 0 spiro atoms. The highest BCUT2D eigenvalue weighted by Gasteiger charge is 2.09. The fraction of sp³-hybridized carbons (Fsp3) is 0.143. The average molecular weight is 391 g/mol. The lowest BCUT2D eigenvalue weighted by Crippen LogP contribution is -2.07. The van der Waals surface area contributed by atoms with E-state index < -0.39 is 0 Å². The van der Waals surface area contributed by atoms with Gasteiger partial charge in [-0.3, -0.25) is 0 Å². The number of nitrogens with one attached hydrogen (secondary N) is 1. The van der Waals surface area contributed by atoms with Crippen molar-refractivity contribution in [3.63, 3.8) is 0 Å². The molecule has 0 aliphatic rings. The summed E-state index contributed by atoms with van der Waals surface area (Å²) in [6, 6.07) is 9.60. The molecule has 2 aromatic rings. The van der Waals surface area contributed by atoms with Gasteiger partial charge in [-0.25, -0.2) is 8.78 Å². The smallest absolute Gasteiger partial charge is 0.139 e. The van der Waals surface area contributed by atoms with Gasteiger partial charge in [0.15, 0.2) is 0 Å². The number of rotatable bonds is 3. The topological polar surface area (TPSA) is 12.0 Å². The number of halogens is 4. The van der Waals surface area contributed by atoms with Crippen LogP contribution in [0.4, 0.5) is 14.5 Å². The van der Waals surface area contributed by atoms with E-state index in [0.717, 1.165) is 5.56 Å². The Hall–Kier alpha value is -0.940. The van der Waals surface area contributed by atoms with E-state index in [4.69, 9.17) is 0 Å². The van der Waals surface area contributed by atoms with Gasteiger partial charge in [0.1, 0.15) is 11.6 Å². The van der Waals surface area contributed by atoms with Gasteiger partial charge >= 0.3 is 0 Å². The maximum Gasteiger partial charge on any atom is 0.139 e. The van der Waals surface area contributed by atoms with Gasteiger partial charge in [-0.05, 0) is 74.7 Å². The first-order valence-electron chi connectivity index (χ1n) is 5.64. The van der Waals surface area contributed by atoms with Gasteiger partial charge in [0.2, 0.25) is 0 Å². The molecule has 0 saturated heterocycles. The Bertz CT molecular complexity index is 602. The molecule has 100 valence electrons. The molecule has 0 fully saturated rings. The van der Waals surface area contributed by atoms with Crippen LogP contribution in [0.1, 0.15) is 18.5 Å². The minimum absolute atomic E-state index is 0.0579. The van der Waals surface area contributed by atoms with Gasteiger partial charge in [0, 0.05) is 11.7 Å². The molecule has 2 aromatic carbocycles. The molecule has 0 amide bonds. The number of benzene rings is 2. The third-order valence-electron chi connectivity index (χ3n) is 2.75. The van der Waals surface area contributed by atoms with Crippen molar-refractivity contribution >= 4 is 37.5 Å². The molecule has 0 aliphatic carbocycles. The van der Waals surface area contributed by atoms with Crippen LogP contribution in [0, 0.1) is 11.6 Å². The second-order valence-corrected chi connectivity index (χ2v) is 5.88. The summed E-state index contributed by atoms with van der Waals surface area (Å²) < 4.78 is 27.4. The molecule has 19 heavy (non-hydrogen) atoms. The van der Waals surface area contributed by atoms with Gasteiger partial charge in [-0.1, -0.05) is 6.07 Å². The SMILES string of the molecule is CC(Nc1ccc(Br)c(F)c1)c1ccc(F)c(Br)c1. The Morgan fingerprint density at radius 1 is 0.947 bits per heavy atom. The van der Waals surface area contributed by atoms with Crippen LogP contribution in [0.3, 0.4) is 0 Å². The van der Waals surface area contributed by atoms with Gasteiger partial charge in [-0.15, -0.1) is 0 Å². The van der Waals surface area contributed by atoms with Crippen molar-refractivity contribution in [2.75, 3.05) is 5.32 Å². The lowest BCUT2D eigenvalue weighted by molar-refractivity contribution is 0.619. The van der Waals surface area contributed by atoms with E-state index in [1.165, 1.54) is 12.1 Å². The number of anilines is 1. The Morgan fingerprint density at radius 3 is 2.32 bits per heavy atom. The molecule has 2 rings (SSSR count). The maximum atomic E-state index is 13.4. The lowest BCUT2D eigenvalue weighted by atomic mass is 10.1. The predicted octanol–water partition coefficient (Wildman–Crippen LogP) is 5.66. The maximum absolute atomic E-state index is 13.4. The van der Waals surface area contributed by atoms with Crippen molar-refractivity contribution in [2.45, 2.75) is 13.0 Å². The third kappa shape index (κ3) is 3.54. The summed E-state index contributed by atoms with van der Waals surface area (Å²) in [4.78, 5) is 0. The first-order chi connectivity index (χ1) is 8.97. The zero-order chi connectivity index (χ0) is 14.0. The first kappa shape index (κ1) is 14.5. The van der Waals surface area contributed by atoms with Crippen molar-refractivity contribution in [1.29, 1.82) is 0 Å². The quantitative estimate of drug-likeness (QED) is 0.712. The van der Waals surface area contributed by atoms with Crippen molar-refractivity contribution in [3.8, 4) is 0 Å². The van der Waals surface area contributed by atoms with Crippen LogP contribution in [0.5, 0.6) is 0 Å². The summed E-state index contributed by atoms with van der Waals surface area (Å²) in [5.74, 6) is -0.622. The van der Waals surface area contributed by atoms with Gasteiger partial charge < -0.3 is 5.32 Å². The normalized spacial score (nSPS) is 12.3. The summed E-state index contributed by atoms with van der Waals surface area (Å²) in [7, 11) is 0. The second-order valence-electron chi connectivity index (χ2n) is 4.17. The highest BCUT2D eigenvalue weighted by atomic mass is 79.9. The molecule has 1 N–H and O–H groups in total. The molecule has 1 unspecified atom stereocenters. The fourth-order valence-electron chi connectivity index (χ4n) is 1.70. The van der Waals surface area contributed by atoms with Crippen LogP contribution in [-0.2, 0) is 0 Å². The highest BCUT2D eigenvalue weighted by molar-refractivity contribution is 9.10. The standard InChI is InChI=1S/C14H11Br2F2N/c1-8(9-2-5-13(17)12(16)6-9)19-10-3-4-11(15)14(18)7-10/h2-8,19H,1H3. The molecular formula is C14H11Br2F2N. The molecular weight excluding hydrogens is 380 g/mol. The van der Waals surface area contributed by atoms with Crippen LogP contribution in [-0.4, -0.2) is 0 Å². The first-order valence-corrected chi connectivity index (χ1v) is 7.22. The number of hydrogen-bond acceptors (Lipinski definition) is 1. The Morgan fingerprint density at radius 2 is 1.68 bits per heavy atom. The van der Waals surface area contributed by atoms with Crippen LogP contribution >= 0.6 is 31.9 Å². The largest absolute Gasteiger partial charge is 0.378 e. The van der Waals surface area contributed by atoms with Crippen molar-refractivity contribution in [1.82, 2.24) is 0 Å². The molecule has 0 bridgehead atoms. The van der Waals surface area contributed by atoms with Crippen molar-refractivity contribution in [3.05, 3.63) is 62.5 Å². The average Bonchev–Trinajstić information content (AvgIpc) is 2.37.